The summed E-state index contributed by atoms with van der Waals surface area (Å²) in [5, 5.41) is 12.2. The average molecular weight is 281 g/mol. The third-order valence-electron chi connectivity index (χ3n) is 3.10. The van der Waals surface area contributed by atoms with E-state index in [2.05, 4.69) is 5.32 Å². The molecule has 0 fully saturated rings. The minimum absolute atomic E-state index is 0.207. The first-order chi connectivity index (χ1) is 9.12. The molecule has 20 heavy (non-hydrogen) atoms. The third-order valence-corrected chi connectivity index (χ3v) is 3.10. The fourth-order valence-electron chi connectivity index (χ4n) is 2.21. The summed E-state index contributed by atoms with van der Waals surface area (Å²) in [5.41, 5.74) is 5.66. The number of nitrogens with two attached hydrogens (primary N) is 1. The van der Waals surface area contributed by atoms with Gasteiger partial charge in [-0.05, 0) is 24.8 Å². The van der Waals surface area contributed by atoms with E-state index in [0.29, 0.717) is 24.2 Å². The van der Waals surface area contributed by atoms with Gasteiger partial charge in [0.15, 0.2) is 0 Å². The molecule has 0 bridgehead atoms. The van der Waals surface area contributed by atoms with Crippen LogP contribution in [0.3, 0.4) is 0 Å². The van der Waals surface area contributed by atoms with Gasteiger partial charge in [-0.1, -0.05) is 13.8 Å². The lowest BCUT2D eigenvalue weighted by atomic mass is 9.87. The number of rotatable bonds is 6. The van der Waals surface area contributed by atoms with Crippen molar-refractivity contribution in [2.24, 2.45) is 18.2 Å². The van der Waals surface area contributed by atoms with Crippen LogP contribution in [0.25, 0.3) is 0 Å². The Kier molecular flexibility index (Phi) is 4.94. The minimum atomic E-state index is -0.561. The Morgan fingerprint density at radius 3 is 2.55 bits per heavy atom. The number of aliphatic hydroxyl groups is 1. The summed E-state index contributed by atoms with van der Waals surface area (Å²) in [6.45, 7) is 6.10. The zero-order valence-corrected chi connectivity index (χ0v) is 12.4. The minimum Gasteiger partial charge on any atom is -0.393 e. The summed E-state index contributed by atoms with van der Waals surface area (Å²) in [5.74, 6) is -0.826. The Morgan fingerprint density at radius 2 is 2.10 bits per heavy atom. The molecule has 0 aromatic carbocycles. The van der Waals surface area contributed by atoms with E-state index in [1.54, 1.807) is 18.5 Å². The molecule has 112 valence electrons. The molecule has 0 spiro atoms. The molecule has 0 radical (unpaired) electrons. The van der Waals surface area contributed by atoms with Gasteiger partial charge in [0.1, 0.15) is 5.69 Å². The van der Waals surface area contributed by atoms with Crippen molar-refractivity contribution in [2.75, 3.05) is 6.54 Å². The summed E-state index contributed by atoms with van der Waals surface area (Å²) in [7, 11) is 1.68. The maximum Gasteiger partial charge on any atom is 0.267 e. The van der Waals surface area contributed by atoms with E-state index in [0.717, 1.165) is 0 Å². The molecular weight excluding hydrogens is 258 g/mol. The Hall–Kier alpha value is -1.82. The average Bonchev–Trinajstić information content (AvgIpc) is 2.67. The zero-order chi connectivity index (χ0) is 15.5. The van der Waals surface area contributed by atoms with Gasteiger partial charge in [0, 0.05) is 19.8 Å². The standard InChI is InChI=1S/C14H23N3O3/c1-9(18)6-14(2,3)8-16-13(20)11-5-10(12(15)19)7-17(11)4/h5,7,9,18H,6,8H2,1-4H3,(H2,15,19)(H,16,20). The quantitative estimate of drug-likeness (QED) is 0.714. The number of amides is 2. The number of hydrogen-bond donors (Lipinski definition) is 3. The Balaban J connectivity index is 2.70. The van der Waals surface area contributed by atoms with Crippen molar-refractivity contribution in [3.8, 4) is 0 Å². The highest BCUT2D eigenvalue weighted by Crippen LogP contribution is 2.21. The number of nitrogens with zero attached hydrogens (tertiary/aromatic N) is 1. The second kappa shape index (κ2) is 6.09. The van der Waals surface area contributed by atoms with Gasteiger partial charge in [-0.15, -0.1) is 0 Å². The fraction of sp³-hybridized carbons (Fsp3) is 0.571. The second-order valence-corrected chi connectivity index (χ2v) is 5.99. The van der Waals surface area contributed by atoms with Crippen molar-refractivity contribution >= 4 is 11.8 Å². The highest BCUT2D eigenvalue weighted by Gasteiger charge is 2.22. The highest BCUT2D eigenvalue weighted by molar-refractivity contribution is 5.98. The summed E-state index contributed by atoms with van der Waals surface area (Å²) in [6, 6.07) is 1.47. The van der Waals surface area contributed by atoms with Crippen LogP contribution < -0.4 is 11.1 Å². The number of carbonyl (C=O) groups excluding carboxylic acids is 2. The van der Waals surface area contributed by atoms with E-state index in [-0.39, 0.29) is 11.3 Å². The molecule has 0 saturated heterocycles. The van der Waals surface area contributed by atoms with Crippen LogP contribution in [-0.4, -0.2) is 34.1 Å². The van der Waals surface area contributed by atoms with Crippen molar-refractivity contribution < 1.29 is 14.7 Å². The molecule has 1 heterocycles. The van der Waals surface area contributed by atoms with Gasteiger partial charge in [0.2, 0.25) is 5.91 Å². The van der Waals surface area contributed by atoms with Crippen molar-refractivity contribution in [3.63, 3.8) is 0 Å². The largest absolute Gasteiger partial charge is 0.393 e. The molecule has 0 aliphatic heterocycles. The van der Waals surface area contributed by atoms with E-state index in [4.69, 9.17) is 5.73 Å². The number of nitrogens with one attached hydrogen (secondary N) is 1. The maximum absolute atomic E-state index is 12.1. The third kappa shape index (κ3) is 4.38. The SMILES string of the molecule is CC(O)CC(C)(C)CNC(=O)c1cc(C(N)=O)cn1C. The van der Waals surface area contributed by atoms with Crippen molar-refractivity contribution in [1.82, 2.24) is 9.88 Å². The second-order valence-electron chi connectivity index (χ2n) is 5.99. The fourth-order valence-corrected chi connectivity index (χ4v) is 2.21. The van der Waals surface area contributed by atoms with E-state index in [1.807, 2.05) is 13.8 Å². The highest BCUT2D eigenvalue weighted by atomic mass is 16.3. The lowest BCUT2D eigenvalue weighted by Crippen LogP contribution is -2.36. The van der Waals surface area contributed by atoms with Crippen LogP contribution in [0.15, 0.2) is 12.3 Å². The monoisotopic (exact) mass is 281 g/mol. The summed E-state index contributed by atoms with van der Waals surface area (Å²) in [4.78, 5) is 23.2. The molecule has 0 aliphatic rings. The van der Waals surface area contributed by atoms with Gasteiger partial charge in [0.05, 0.1) is 11.7 Å². The number of aromatic nitrogens is 1. The number of hydrogen-bond acceptors (Lipinski definition) is 3. The molecule has 0 aliphatic carbocycles. The number of primary amides is 1. The van der Waals surface area contributed by atoms with Crippen LogP contribution in [0, 0.1) is 5.41 Å². The first-order valence-electron chi connectivity index (χ1n) is 6.55. The van der Waals surface area contributed by atoms with Gasteiger partial charge >= 0.3 is 0 Å². The molecular formula is C14H23N3O3. The first kappa shape index (κ1) is 16.2. The molecule has 1 aromatic heterocycles. The smallest absolute Gasteiger partial charge is 0.267 e. The maximum atomic E-state index is 12.1. The van der Waals surface area contributed by atoms with Crippen molar-refractivity contribution in [1.29, 1.82) is 0 Å². The molecule has 1 rings (SSSR count). The summed E-state index contributed by atoms with van der Waals surface area (Å²) < 4.78 is 1.57. The van der Waals surface area contributed by atoms with Crippen molar-refractivity contribution in [3.05, 3.63) is 23.5 Å². The van der Waals surface area contributed by atoms with Gasteiger partial charge in [0.25, 0.3) is 5.91 Å². The van der Waals surface area contributed by atoms with Gasteiger partial charge in [-0.3, -0.25) is 9.59 Å². The van der Waals surface area contributed by atoms with Crippen molar-refractivity contribution in [2.45, 2.75) is 33.3 Å². The number of aryl methyl sites for hydroxylation is 1. The van der Waals surface area contributed by atoms with E-state index >= 15 is 0 Å². The Labute approximate surface area is 119 Å². The predicted octanol–water partition coefficient (Wildman–Crippen LogP) is 0.651. The van der Waals surface area contributed by atoms with Crippen LogP contribution in [-0.2, 0) is 7.05 Å². The first-order valence-corrected chi connectivity index (χ1v) is 6.55. The predicted molar refractivity (Wildman–Crippen MR) is 76.3 cm³/mol. The molecule has 2 amide bonds. The van der Waals surface area contributed by atoms with Crippen LogP contribution in [0.1, 0.15) is 48.0 Å². The molecule has 1 unspecified atom stereocenters. The Morgan fingerprint density at radius 1 is 1.50 bits per heavy atom. The van der Waals surface area contributed by atoms with Crippen LogP contribution >= 0.6 is 0 Å². The lowest BCUT2D eigenvalue weighted by molar-refractivity contribution is 0.0894. The molecule has 0 saturated carbocycles. The van der Waals surface area contributed by atoms with E-state index < -0.39 is 12.0 Å². The molecule has 1 atom stereocenters. The lowest BCUT2D eigenvalue weighted by Gasteiger charge is -2.26. The van der Waals surface area contributed by atoms with Crippen LogP contribution in [0.5, 0.6) is 0 Å². The Bertz CT molecular complexity index is 504. The van der Waals surface area contributed by atoms with Gasteiger partial charge in [-0.2, -0.15) is 0 Å². The topological polar surface area (TPSA) is 97.3 Å². The van der Waals surface area contributed by atoms with Crippen LogP contribution in [0.4, 0.5) is 0 Å². The number of aliphatic hydroxyl groups excluding tert-OH is 1. The van der Waals surface area contributed by atoms with E-state index in [1.165, 1.54) is 12.3 Å². The van der Waals surface area contributed by atoms with E-state index in [9.17, 15) is 14.7 Å². The van der Waals surface area contributed by atoms with Gasteiger partial charge < -0.3 is 20.7 Å². The normalized spacial score (nSPS) is 13.1. The number of carbonyl (C=O) groups is 2. The molecule has 6 nitrogen and oxygen atoms in total. The summed E-state index contributed by atoms with van der Waals surface area (Å²) in [6.07, 6.45) is 1.70. The molecule has 1 aromatic rings. The zero-order valence-electron chi connectivity index (χ0n) is 12.4. The van der Waals surface area contributed by atoms with Crippen LogP contribution in [0.2, 0.25) is 0 Å². The molecule has 6 heteroatoms. The van der Waals surface area contributed by atoms with Gasteiger partial charge in [-0.25, -0.2) is 0 Å². The summed E-state index contributed by atoms with van der Waals surface area (Å²) >= 11 is 0. The molecule has 4 N–H and O–H groups in total.